The predicted octanol–water partition coefficient (Wildman–Crippen LogP) is 7.76. The number of amides is 2. The van der Waals surface area contributed by atoms with Crippen LogP contribution in [0.2, 0.25) is 0 Å². The van der Waals surface area contributed by atoms with Crippen LogP contribution in [0.1, 0.15) is 63.9 Å². The summed E-state index contributed by atoms with van der Waals surface area (Å²) >= 11 is 0. The van der Waals surface area contributed by atoms with Gasteiger partial charge in [-0.1, -0.05) is 62.2 Å². The van der Waals surface area contributed by atoms with Gasteiger partial charge in [0.1, 0.15) is 11.5 Å². The van der Waals surface area contributed by atoms with Crippen LogP contribution >= 0.6 is 0 Å². The fourth-order valence-corrected chi connectivity index (χ4v) is 4.85. The maximum atomic E-state index is 12.7. The number of aromatic hydroxyl groups is 2. The lowest BCUT2D eigenvalue weighted by molar-refractivity contribution is 0.0652. The van der Waals surface area contributed by atoms with Crippen LogP contribution < -0.4 is 0 Å². The summed E-state index contributed by atoms with van der Waals surface area (Å²) in [7, 11) is 0. The number of rotatable bonds is 8. The van der Waals surface area contributed by atoms with Gasteiger partial charge in [0.25, 0.3) is 11.8 Å². The van der Waals surface area contributed by atoms with E-state index in [0.29, 0.717) is 24.1 Å². The van der Waals surface area contributed by atoms with Crippen LogP contribution in [0.15, 0.2) is 126 Å². The molecule has 1 heterocycles. The van der Waals surface area contributed by atoms with Crippen molar-refractivity contribution in [3.05, 3.63) is 149 Å². The molecule has 3 aromatic carbocycles. The molecule has 0 bridgehead atoms. The molecule has 5 nitrogen and oxygen atoms in total. The van der Waals surface area contributed by atoms with E-state index >= 15 is 0 Å². The molecule has 1 aliphatic heterocycles. The molecule has 5 heteroatoms. The van der Waals surface area contributed by atoms with Crippen molar-refractivity contribution in [1.82, 2.24) is 4.90 Å². The molecule has 0 radical (unpaired) electrons. The van der Waals surface area contributed by atoms with Crippen LogP contribution in [-0.2, 0) is 0 Å². The second-order valence-electron chi connectivity index (χ2n) is 10.6. The Kier molecular flexibility index (Phi) is 7.88. The summed E-state index contributed by atoms with van der Waals surface area (Å²) < 4.78 is 0. The second-order valence-corrected chi connectivity index (χ2v) is 10.6. The Morgan fingerprint density at radius 2 is 1.17 bits per heavy atom. The topological polar surface area (TPSA) is 77.8 Å². The minimum absolute atomic E-state index is 0.195. The first kappa shape index (κ1) is 27.7. The van der Waals surface area contributed by atoms with Crippen LogP contribution in [0.5, 0.6) is 11.5 Å². The maximum absolute atomic E-state index is 12.7. The summed E-state index contributed by atoms with van der Waals surface area (Å²) in [4.78, 5) is 26.7. The molecule has 2 amide bonds. The number of allylic oxidation sites excluding steroid dienone is 6. The van der Waals surface area contributed by atoms with Crippen molar-refractivity contribution in [3.8, 4) is 11.5 Å². The van der Waals surface area contributed by atoms with Gasteiger partial charge < -0.3 is 10.2 Å². The zero-order valence-corrected chi connectivity index (χ0v) is 23.0. The summed E-state index contributed by atoms with van der Waals surface area (Å²) in [5.41, 5.74) is 9.77. The molecule has 2 saturated carbocycles. The van der Waals surface area contributed by atoms with E-state index in [2.05, 4.69) is 25.8 Å². The SMILES string of the molecule is C=C1C/C1=C\C(CCCCN1C(=O)c2ccccc2C1=O)=C(c1ccc(O)cc1)c1ccc(O)cc1.C=C1CC1=C. The molecule has 0 atom stereocenters. The first-order valence-electron chi connectivity index (χ1n) is 13.7. The van der Waals surface area contributed by atoms with Gasteiger partial charge in [-0.25, -0.2) is 0 Å². The van der Waals surface area contributed by atoms with Crippen LogP contribution in [0.25, 0.3) is 5.57 Å². The Hall–Kier alpha value is -4.90. The first-order valence-corrected chi connectivity index (χ1v) is 13.7. The number of unbranched alkanes of at least 4 members (excludes halogenated alkanes) is 1. The van der Waals surface area contributed by atoms with E-state index in [-0.39, 0.29) is 23.3 Å². The van der Waals surface area contributed by atoms with Crippen molar-refractivity contribution in [3.63, 3.8) is 0 Å². The van der Waals surface area contributed by atoms with Gasteiger partial charge in [0, 0.05) is 6.54 Å². The first-order chi connectivity index (χ1) is 19.7. The average molecular weight is 544 g/mol. The number of carbonyl (C=O) groups excluding carboxylic acids is 2. The van der Waals surface area contributed by atoms with E-state index in [4.69, 9.17) is 0 Å². The molecular weight excluding hydrogens is 510 g/mol. The molecule has 0 unspecified atom stereocenters. The zero-order valence-electron chi connectivity index (χ0n) is 23.0. The fraction of sp³-hybridized carbons (Fsp3) is 0.167. The quantitative estimate of drug-likeness (QED) is 0.225. The lowest BCUT2D eigenvalue weighted by Crippen LogP contribution is -2.30. The molecule has 0 spiro atoms. The third-order valence-corrected chi connectivity index (χ3v) is 7.47. The minimum atomic E-state index is -0.225. The van der Waals surface area contributed by atoms with Gasteiger partial charge >= 0.3 is 0 Å². The highest BCUT2D eigenvalue weighted by Gasteiger charge is 2.34. The maximum Gasteiger partial charge on any atom is 0.261 e. The van der Waals surface area contributed by atoms with Gasteiger partial charge in [-0.05, 0) is 113 Å². The van der Waals surface area contributed by atoms with Crippen LogP contribution in [0.4, 0.5) is 0 Å². The molecule has 3 aliphatic rings. The fourth-order valence-electron chi connectivity index (χ4n) is 4.85. The highest BCUT2D eigenvalue weighted by molar-refractivity contribution is 6.21. The Balaban J connectivity index is 0.000000610. The summed E-state index contributed by atoms with van der Waals surface area (Å²) in [6.45, 7) is 11.7. The number of phenols is 2. The number of nitrogens with zero attached hydrogens (tertiary/aromatic N) is 1. The zero-order chi connectivity index (χ0) is 29.1. The summed E-state index contributed by atoms with van der Waals surface area (Å²) in [6, 6.07) is 21.2. The van der Waals surface area contributed by atoms with Crippen molar-refractivity contribution in [2.45, 2.75) is 32.1 Å². The second kappa shape index (κ2) is 11.7. The van der Waals surface area contributed by atoms with Crippen molar-refractivity contribution < 1.29 is 19.8 Å². The summed E-state index contributed by atoms with van der Waals surface area (Å²) in [6.07, 6.45) is 6.34. The Labute approximate surface area is 240 Å². The number of carbonyl (C=O) groups is 2. The highest BCUT2D eigenvalue weighted by atomic mass is 16.3. The molecular formula is C36H33NO4. The van der Waals surface area contributed by atoms with Gasteiger partial charge in [-0.2, -0.15) is 0 Å². The Morgan fingerprint density at radius 1 is 0.707 bits per heavy atom. The molecule has 2 N–H and O–H groups in total. The number of benzene rings is 3. The summed E-state index contributed by atoms with van der Waals surface area (Å²) in [5, 5.41) is 19.7. The van der Waals surface area contributed by atoms with Crippen molar-refractivity contribution >= 4 is 17.4 Å². The van der Waals surface area contributed by atoms with Crippen LogP contribution in [0.3, 0.4) is 0 Å². The van der Waals surface area contributed by atoms with E-state index < -0.39 is 0 Å². The van der Waals surface area contributed by atoms with E-state index in [1.54, 1.807) is 48.5 Å². The van der Waals surface area contributed by atoms with Crippen molar-refractivity contribution in [1.29, 1.82) is 0 Å². The lowest BCUT2D eigenvalue weighted by Gasteiger charge is -2.16. The lowest BCUT2D eigenvalue weighted by atomic mass is 9.90. The molecule has 0 aromatic heterocycles. The molecule has 206 valence electrons. The van der Waals surface area contributed by atoms with Crippen molar-refractivity contribution in [2.24, 2.45) is 0 Å². The van der Waals surface area contributed by atoms with E-state index in [9.17, 15) is 19.8 Å². The molecule has 0 saturated heterocycles. The van der Waals surface area contributed by atoms with Crippen LogP contribution in [0, 0.1) is 0 Å². The smallest absolute Gasteiger partial charge is 0.261 e. The number of hydrogen-bond acceptors (Lipinski definition) is 4. The standard InChI is InChI=1S/C31H27NO4.C5H6/c1-20-18-24(20)19-23(6-4-5-17-32-30(35)27-7-2-3-8-28(27)31(32)36)29(21-9-13-25(33)14-10-21)22-11-15-26(34)16-12-22;1-4-3-5(4)2/h2-3,7-16,19,33-34H,1,4-6,17-18H2;1-3H2/b24-19+;. The third kappa shape index (κ3) is 6.47. The van der Waals surface area contributed by atoms with Gasteiger partial charge in [0.05, 0.1) is 11.1 Å². The molecule has 41 heavy (non-hydrogen) atoms. The number of fused-ring (bicyclic) bond motifs is 1. The molecule has 2 fully saturated rings. The molecule has 3 aromatic rings. The van der Waals surface area contributed by atoms with Gasteiger partial charge in [0.2, 0.25) is 0 Å². The Bertz CT molecular complexity index is 1530. The van der Waals surface area contributed by atoms with Gasteiger partial charge in [-0.15, -0.1) is 0 Å². The Morgan fingerprint density at radius 3 is 1.59 bits per heavy atom. The molecule has 2 aliphatic carbocycles. The number of imide groups is 1. The highest BCUT2D eigenvalue weighted by Crippen LogP contribution is 2.39. The van der Waals surface area contributed by atoms with E-state index in [0.717, 1.165) is 53.5 Å². The van der Waals surface area contributed by atoms with Gasteiger partial charge in [-0.3, -0.25) is 14.5 Å². The van der Waals surface area contributed by atoms with Gasteiger partial charge in [0.15, 0.2) is 0 Å². The third-order valence-electron chi connectivity index (χ3n) is 7.47. The molecule has 6 rings (SSSR count). The minimum Gasteiger partial charge on any atom is -0.508 e. The van der Waals surface area contributed by atoms with Crippen molar-refractivity contribution in [2.75, 3.05) is 6.54 Å². The summed E-state index contributed by atoms with van der Waals surface area (Å²) in [5.74, 6) is -0.0614. The number of phenolic OH excluding ortho intramolecular Hbond substituents is 2. The normalized spacial score (nSPS) is 16.0. The monoisotopic (exact) mass is 543 g/mol. The van der Waals surface area contributed by atoms with Crippen LogP contribution in [-0.4, -0.2) is 33.5 Å². The predicted molar refractivity (Wildman–Crippen MR) is 163 cm³/mol. The average Bonchev–Trinajstić information content (AvgIpc) is 3.84. The van der Waals surface area contributed by atoms with E-state index in [1.165, 1.54) is 21.6 Å². The largest absolute Gasteiger partial charge is 0.508 e. The number of hydrogen-bond donors (Lipinski definition) is 2. The van der Waals surface area contributed by atoms with E-state index in [1.807, 2.05) is 24.3 Å².